The molecule has 0 fully saturated rings. The van der Waals surface area contributed by atoms with Gasteiger partial charge in [-0.05, 0) is 24.1 Å². The average molecular weight is 319 g/mol. The fourth-order valence-corrected chi connectivity index (χ4v) is 3.40. The molecular formula is C13H16ClFN2O2S. The van der Waals surface area contributed by atoms with Crippen LogP contribution in [0, 0.1) is 18.2 Å². The molecule has 0 aromatic heterocycles. The van der Waals surface area contributed by atoms with Gasteiger partial charge in [-0.25, -0.2) is 12.8 Å². The molecule has 0 amide bonds. The van der Waals surface area contributed by atoms with E-state index in [2.05, 4.69) is 5.92 Å². The van der Waals surface area contributed by atoms with E-state index >= 15 is 0 Å². The van der Waals surface area contributed by atoms with Crippen LogP contribution in [0.1, 0.15) is 18.9 Å². The molecule has 0 radical (unpaired) electrons. The number of sulfonamides is 1. The molecule has 2 N–H and O–H groups in total. The van der Waals surface area contributed by atoms with Crippen LogP contribution in [-0.4, -0.2) is 25.8 Å². The zero-order chi connectivity index (χ0) is 15.3. The van der Waals surface area contributed by atoms with Crippen molar-refractivity contribution < 1.29 is 12.8 Å². The average Bonchev–Trinajstić information content (AvgIpc) is 2.41. The van der Waals surface area contributed by atoms with Crippen LogP contribution in [0.5, 0.6) is 0 Å². The third kappa shape index (κ3) is 3.49. The number of nitrogens with two attached hydrogens (primary N) is 1. The van der Waals surface area contributed by atoms with Crippen LogP contribution >= 0.6 is 11.6 Å². The van der Waals surface area contributed by atoms with Crippen LogP contribution in [0.4, 0.5) is 4.39 Å². The minimum Gasteiger partial charge on any atom is -0.326 e. The number of hydrogen-bond acceptors (Lipinski definition) is 3. The van der Waals surface area contributed by atoms with E-state index < -0.39 is 15.8 Å². The zero-order valence-electron chi connectivity index (χ0n) is 11.1. The number of nitrogens with zero attached hydrogens (tertiary/aromatic N) is 1. The van der Waals surface area contributed by atoms with Crippen LogP contribution in [0.3, 0.4) is 0 Å². The lowest BCUT2D eigenvalue weighted by molar-refractivity contribution is 0.445. The Labute approximate surface area is 123 Å². The van der Waals surface area contributed by atoms with Crippen LogP contribution in [-0.2, 0) is 16.6 Å². The van der Waals surface area contributed by atoms with Crippen molar-refractivity contribution in [3.8, 4) is 12.3 Å². The Balaban J connectivity index is 3.34. The summed E-state index contributed by atoms with van der Waals surface area (Å²) in [7, 11) is -3.86. The highest BCUT2D eigenvalue weighted by Crippen LogP contribution is 2.26. The van der Waals surface area contributed by atoms with E-state index in [0.29, 0.717) is 6.42 Å². The third-order valence-corrected chi connectivity index (χ3v) is 4.92. The standard InChI is InChI=1S/C13H16ClFN2O2S/c1-3-5-17(6-4-2)20(18,19)11-7-10(9-16)13(14)12(15)8-11/h1,7-8H,4-6,9,16H2,2H3. The summed E-state index contributed by atoms with van der Waals surface area (Å²) in [5.41, 5.74) is 5.67. The van der Waals surface area contributed by atoms with Crippen molar-refractivity contribution in [1.29, 1.82) is 0 Å². The first-order valence-electron chi connectivity index (χ1n) is 6.00. The number of terminal acetylenes is 1. The van der Waals surface area contributed by atoms with Crippen molar-refractivity contribution in [2.45, 2.75) is 24.8 Å². The smallest absolute Gasteiger partial charge is 0.244 e. The Bertz CT molecular complexity index is 626. The molecule has 0 atom stereocenters. The minimum atomic E-state index is -3.86. The molecule has 20 heavy (non-hydrogen) atoms. The summed E-state index contributed by atoms with van der Waals surface area (Å²) in [5.74, 6) is 1.47. The van der Waals surface area contributed by atoms with Gasteiger partial charge in [-0.15, -0.1) is 6.42 Å². The van der Waals surface area contributed by atoms with Gasteiger partial charge in [0.25, 0.3) is 0 Å². The molecule has 110 valence electrons. The molecule has 0 unspecified atom stereocenters. The van der Waals surface area contributed by atoms with E-state index in [1.165, 1.54) is 6.07 Å². The Morgan fingerprint density at radius 2 is 2.15 bits per heavy atom. The quantitative estimate of drug-likeness (QED) is 0.816. The Morgan fingerprint density at radius 3 is 2.65 bits per heavy atom. The number of hydrogen-bond donors (Lipinski definition) is 1. The van der Waals surface area contributed by atoms with Crippen molar-refractivity contribution >= 4 is 21.6 Å². The predicted molar refractivity (Wildman–Crippen MR) is 77.2 cm³/mol. The highest BCUT2D eigenvalue weighted by Gasteiger charge is 2.25. The molecule has 1 rings (SSSR count). The molecule has 0 bridgehead atoms. The lowest BCUT2D eigenvalue weighted by atomic mass is 10.2. The molecule has 7 heteroatoms. The SMILES string of the molecule is C#CCN(CCC)S(=O)(=O)c1cc(F)c(Cl)c(CN)c1. The summed E-state index contributed by atoms with van der Waals surface area (Å²) in [4.78, 5) is -0.191. The van der Waals surface area contributed by atoms with Crippen LogP contribution < -0.4 is 5.73 Å². The lowest BCUT2D eigenvalue weighted by Crippen LogP contribution is -2.32. The van der Waals surface area contributed by atoms with Crippen molar-refractivity contribution in [2.24, 2.45) is 5.73 Å². The largest absolute Gasteiger partial charge is 0.326 e. The summed E-state index contributed by atoms with van der Waals surface area (Å²) in [6.07, 6.45) is 5.77. The Hall–Kier alpha value is -1.13. The molecule has 0 aliphatic heterocycles. The molecule has 0 aliphatic rings. The van der Waals surface area contributed by atoms with Gasteiger partial charge in [0, 0.05) is 13.1 Å². The molecule has 1 aromatic carbocycles. The molecule has 0 saturated heterocycles. The van der Waals surface area contributed by atoms with Gasteiger partial charge < -0.3 is 5.73 Å². The van der Waals surface area contributed by atoms with Gasteiger partial charge >= 0.3 is 0 Å². The van der Waals surface area contributed by atoms with Gasteiger partial charge in [-0.2, -0.15) is 4.31 Å². The summed E-state index contributed by atoms with van der Waals surface area (Å²) >= 11 is 5.72. The third-order valence-electron chi connectivity index (χ3n) is 2.68. The molecule has 4 nitrogen and oxygen atoms in total. The summed E-state index contributed by atoms with van der Waals surface area (Å²) in [6.45, 7) is 1.96. The highest BCUT2D eigenvalue weighted by molar-refractivity contribution is 7.89. The number of rotatable bonds is 6. The minimum absolute atomic E-state index is 0.0535. The normalized spacial score (nSPS) is 11.6. The second-order valence-corrected chi connectivity index (χ2v) is 6.44. The first kappa shape index (κ1) is 16.9. The van der Waals surface area contributed by atoms with Gasteiger partial charge in [0.2, 0.25) is 10.0 Å². The van der Waals surface area contributed by atoms with Crippen molar-refractivity contribution in [3.63, 3.8) is 0 Å². The van der Waals surface area contributed by atoms with Gasteiger partial charge in [0.15, 0.2) is 0 Å². The van der Waals surface area contributed by atoms with Gasteiger partial charge in [0.1, 0.15) is 5.82 Å². The van der Waals surface area contributed by atoms with Crippen molar-refractivity contribution in [2.75, 3.05) is 13.1 Å². The fourth-order valence-electron chi connectivity index (χ4n) is 1.70. The first-order valence-corrected chi connectivity index (χ1v) is 7.81. The van der Waals surface area contributed by atoms with E-state index in [1.54, 1.807) is 0 Å². The lowest BCUT2D eigenvalue weighted by Gasteiger charge is -2.20. The predicted octanol–water partition coefficient (Wildman–Crippen LogP) is 1.97. The van der Waals surface area contributed by atoms with Crippen LogP contribution in [0.25, 0.3) is 0 Å². The van der Waals surface area contributed by atoms with Crippen LogP contribution in [0.2, 0.25) is 5.02 Å². The summed E-state index contributed by atoms with van der Waals surface area (Å²) in [6, 6.07) is 2.16. The van der Waals surface area contributed by atoms with Gasteiger partial charge in [-0.3, -0.25) is 0 Å². The first-order chi connectivity index (χ1) is 9.38. The highest BCUT2D eigenvalue weighted by atomic mass is 35.5. The second-order valence-electron chi connectivity index (χ2n) is 4.13. The van der Waals surface area contributed by atoms with E-state index in [9.17, 15) is 12.8 Å². The maximum absolute atomic E-state index is 13.7. The van der Waals surface area contributed by atoms with Crippen molar-refractivity contribution in [1.82, 2.24) is 4.31 Å². The van der Waals surface area contributed by atoms with E-state index in [-0.39, 0.29) is 35.1 Å². The van der Waals surface area contributed by atoms with Crippen LogP contribution in [0.15, 0.2) is 17.0 Å². The molecule has 0 aliphatic carbocycles. The van der Waals surface area contributed by atoms with Crippen molar-refractivity contribution in [3.05, 3.63) is 28.5 Å². The zero-order valence-corrected chi connectivity index (χ0v) is 12.6. The second kappa shape index (κ2) is 7.04. The molecular weight excluding hydrogens is 303 g/mol. The van der Waals surface area contributed by atoms with E-state index in [4.69, 9.17) is 23.8 Å². The number of halogens is 2. The molecule has 1 aromatic rings. The molecule has 0 spiro atoms. The molecule has 0 saturated carbocycles. The van der Waals surface area contributed by atoms with E-state index in [0.717, 1.165) is 10.4 Å². The molecule has 0 heterocycles. The summed E-state index contributed by atoms with van der Waals surface area (Å²) in [5, 5.41) is -0.162. The van der Waals surface area contributed by atoms with Gasteiger partial charge in [0.05, 0.1) is 16.5 Å². The Morgan fingerprint density at radius 1 is 1.50 bits per heavy atom. The topological polar surface area (TPSA) is 63.4 Å². The van der Waals surface area contributed by atoms with E-state index in [1.807, 2.05) is 6.92 Å². The maximum Gasteiger partial charge on any atom is 0.244 e. The van der Waals surface area contributed by atoms with Gasteiger partial charge in [-0.1, -0.05) is 24.4 Å². The monoisotopic (exact) mass is 318 g/mol. The number of benzene rings is 1. The summed E-state index contributed by atoms with van der Waals surface area (Å²) < 4.78 is 39.6. The fraction of sp³-hybridized carbons (Fsp3) is 0.385. The maximum atomic E-state index is 13.7. The Kier molecular flexibility index (Phi) is 5.96.